The van der Waals surface area contributed by atoms with Gasteiger partial charge in [-0.25, -0.2) is 0 Å². The summed E-state index contributed by atoms with van der Waals surface area (Å²) >= 11 is 6.49. The van der Waals surface area contributed by atoms with Crippen molar-refractivity contribution in [2.24, 2.45) is 11.8 Å². The zero-order valence-corrected chi connectivity index (χ0v) is 25.1. The lowest BCUT2D eigenvalue weighted by Crippen LogP contribution is -2.42. The second kappa shape index (κ2) is 16.7. The molecule has 232 valence electrons. The highest BCUT2D eigenvalue weighted by molar-refractivity contribution is 6.34. The Morgan fingerprint density at radius 2 is 1.55 bits per heavy atom. The van der Waals surface area contributed by atoms with Crippen molar-refractivity contribution in [1.29, 1.82) is 0 Å². The van der Waals surface area contributed by atoms with E-state index in [1.807, 2.05) is 60.3 Å². The van der Waals surface area contributed by atoms with Crippen molar-refractivity contribution in [1.82, 2.24) is 15.1 Å². The van der Waals surface area contributed by atoms with E-state index in [0.717, 1.165) is 64.1 Å². The van der Waals surface area contributed by atoms with E-state index in [-0.39, 0.29) is 11.8 Å². The van der Waals surface area contributed by atoms with E-state index in [1.165, 1.54) is 6.42 Å². The van der Waals surface area contributed by atoms with Crippen LogP contribution >= 0.6 is 11.6 Å². The van der Waals surface area contributed by atoms with Gasteiger partial charge in [-0.2, -0.15) is 13.2 Å². The first-order chi connectivity index (χ1) is 20.0. The van der Waals surface area contributed by atoms with Crippen LogP contribution in [0.25, 0.3) is 0 Å². The van der Waals surface area contributed by atoms with Crippen molar-refractivity contribution < 1.29 is 27.9 Å². The molecular formula is C31H42ClF3N4O3. The maximum atomic E-state index is 12.8. The summed E-state index contributed by atoms with van der Waals surface area (Å²) in [5.74, 6) is 0.998. The standard InChI is InChI=1S/C30H41ClN4O3.CHF3/c1-33(2)19-14-32-29(37)26-9-8-25(21-27(26)31)34-15-10-22(11-16-34)20-23-12-17-35(18-13-23)30(38)28(36)24-6-4-3-5-7-24;2-1(3)4/h3-9,21-23,28,36H,10-20H2,1-2H3,(H,32,37);1H/t28-;/m1./s1. The Labute approximate surface area is 251 Å². The van der Waals surface area contributed by atoms with Crippen LogP contribution in [-0.4, -0.2) is 86.8 Å². The number of aliphatic hydroxyl groups is 1. The van der Waals surface area contributed by atoms with Gasteiger partial charge >= 0.3 is 6.68 Å². The van der Waals surface area contributed by atoms with Gasteiger partial charge in [-0.1, -0.05) is 41.9 Å². The first kappa shape index (κ1) is 33.7. The molecule has 2 aromatic rings. The molecule has 0 saturated carbocycles. The number of hydrogen-bond donors (Lipinski definition) is 2. The van der Waals surface area contributed by atoms with Crippen LogP contribution in [0.15, 0.2) is 48.5 Å². The molecule has 11 heteroatoms. The predicted molar refractivity (Wildman–Crippen MR) is 160 cm³/mol. The third kappa shape index (κ3) is 10.5. The van der Waals surface area contributed by atoms with Crippen LogP contribution in [-0.2, 0) is 4.79 Å². The molecule has 7 nitrogen and oxygen atoms in total. The Morgan fingerprint density at radius 1 is 0.976 bits per heavy atom. The van der Waals surface area contributed by atoms with Crippen molar-refractivity contribution in [2.45, 2.75) is 44.9 Å². The fourth-order valence-corrected chi connectivity index (χ4v) is 5.87. The number of aliphatic hydroxyl groups excluding tert-OH is 1. The van der Waals surface area contributed by atoms with Crippen LogP contribution in [0.4, 0.5) is 18.9 Å². The molecule has 1 atom stereocenters. The van der Waals surface area contributed by atoms with E-state index in [0.29, 0.717) is 34.5 Å². The Kier molecular flexibility index (Phi) is 13.4. The average Bonchev–Trinajstić information content (AvgIpc) is 2.97. The Bertz CT molecular complexity index is 1120. The Morgan fingerprint density at radius 3 is 2.10 bits per heavy atom. The molecule has 42 heavy (non-hydrogen) atoms. The number of rotatable bonds is 9. The smallest absolute Gasteiger partial charge is 0.378 e. The summed E-state index contributed by atoms with van der Waals surface area (Å²) in [7, 11) is 3.95. The number of halogens is 4. The van der Waals surface area contributed by atoms with Crippen LogP contribution in [0.2, 0.25) is 5.02 Å². The van der Waals surface area contributed by atoms with Gasteiger partial charge in [0.15, 0.2) is 6.10 Å². The van der Waals surface area contributed by atoms with Crippen LogP contribution in [0.3, 0.4) is 0 Å². The second-order valence-corrected chi connectivity index (χ2v) is 11.6. The predicted octanol–water partition coefficient (Wildman–Crippen LogP) is 5.39. The number of nitrogens with zero attached hydrogens (tertiary/aromatic N) is 3. The highest BCUT2D eigenvalue weighted by Gasteiger charge is 2.30. The molecular weight excluding hydrogens is 569 g/mol. The molecule has 0 spiro atoms. The van der Waals surface area contributed by atoms with E-state index in [1.54, 1.807) is 12.1 Å². The molecule has 2 amide bonds. The molecule has 2 heterocycles. The number of nitrogens with one attached hydrogen (secondary N) is 1. The first-order valence-corrected chi connectivity index (χ1v) is 14.8. The number of anilines is 1. The van der Waals surface area contributed by atoms with E-state index in [4.69, 9.17) is 11.6 Å². The summed E-state index contributed by atoms with van der Waals surface area (Å²) < 4.78 is 29.0. The molecule has 0 aliphatic carbocycles. The van der Waals surface area contributed by atoms with Gasteiger partial charge in [0.1, 0.15) is 0 Å². The van der Waals surface area contributed by atoms with E-state index >= 15 is 0 Å². The van der Waals surface area contributed by atoms with Crippen LogP contribution in [0, 0.1) is 11.8 Å². The normalized spacial score (nSPS) is 17.2. The van der Waals surface area contributed by atoms with Crippen LogP contribution in [0.1, 0.15) is 54.1 Å². The van der Waals surface area contributed by atoms with Gasteiger partial charge in [-0.15, -0.1) is 0 Å². The number of alkyl halides is 3. The Hall–Kier alpha value is -2.82. The number of amides is 2. The molecule has 0 bridgehead atoms. The second-order valence-electron chi connectivity index (χ2n) is 11.2. The van der Waals surface area contributed by atoms with Gasteiger partial charge in [0, 0.05) is 45.0 Å². The quantitative estimate of drug-likeness (QED) is 0.398. The van der Waals surface area contributed by atoms with Gasteiger partial charge in [0.25, 0.3) is 11.8 Å². The minimum Gasteiger partial charge on any atom is -0.378 e. The molecule has 2 N–H and O–H groups in total. The molecule has 4 rings (SSSR count). The van der Waals surface area contributed by atoms with Gasteiger partial charge < -0.3 is 25.1 Å². The van der Waals surface area contributed by atoms with Crippen molar-refractivity contribution in [3.63, 3.8) is 0 Å². The fraction of sp³-hybridized carbons (Fsp3) is 0.548. The molecule has 2 aliphatic rings. The molecule has 2 aromatic carbocycles. The number of piperidine rings is 2. The third-order valence-electron chi connectivity index (χ3n) is 7.96. The number of likely N-dealkylation sites (N-methyl/N-ethyl adjacent to an activating group) is 1. The minimum atomic E-state index is -3.67. The highest BCUT2D eigenvalue weighted by Crippen LogP contribution is 2.33. The molecule has 2 saturated heterocycles. The third-order valence-corrected chi connectivity index (χ3v) is 8.28. The topological polar surface area (TPSA) is 76.1 Å². The lowest BCUT2D eigenvalue weighted by atomic mass is 9.82. The van der Waals surface area contributed by atoms with Crippen LogP contribution < -0.4 is 10.2 Å². The summed E-state index contributed by atoms with van der Waals surface area (Å²) in [5, 5.41) is 13.9. The molecule has 0 aromatic heterocycles. The van der Waals surface area contributed by atoms with E-state index in [2.05, 4.69) is 10.2 Å². The maximum absolute atomic E-state index is 12.8. The highest BCUT2D eigenvalue weighted by atomic mass is 35.5. The largest absolute Gasteiger partial charge is 0.379 e. The number of hydrogen-bond acceptors (Lipinski definition) is 5. The van der Waals surface area contributed by atoms with Crippen molar-refractivity contribution in [3.05, 3.63) is 64.7 Å². The van der Waals surface area contributed by atoms with Gasteiger partial charge in [-0.3, -0.25) is 9.59 Å². The van der Waals surface area contributed by atoms with Gasteiger partial charge in [0.2, 0.25) is 0 Å². The zero-order valence-electron chi connectivity index (χ0n) is 24.3. The van der Waals surface area contributed by atoms with Crippen molar-refractivity contribution in [3.8, 4) is 0 Å². The lowest BCUT2D eigenvalue weighted by molar-refractivity contribution is -0.142. The SMILES string of the molecule is CN(C)CCNC(=O)c1ccc(N2CCC(CC3CCN(C(=O)[C@H](O)c4ccccc4)CC3)CC2)cc1Cl.FC(F)F. The number of carbonyl (C=O) groups excluding carboxylic acids is 2. The summed E-state index contributed by atoms with van der Waals surface area (Å²) in [5.41, 5.74) is 2.25. The molecule has 2 aliphatic heterocycles. The van der Waals surface area contributed by atoms with Crippen molar-refractivity contribution >= 4 is 29.1 Å². The number of carbonyl (C=O) groups is 2. The summed E-state index contributed by atoms with van der Waals surface area (Å²) in [6.45, 7) is 1.11. The summed E-state index contributed by atoms with van der Waals surface area (Å²) in [6, 6.07) is 14.9. The summed E-state index contributed by atoms with van der Waals surface area (Å²) in [4.78, 5) is 31.4. The fourth-order valence-electron chi connectivity index (χ4n) is 5.61. The molecule has 0 radical (unpaired) electrons. The van der Waals surface area contributed by atoms with E-state index in [9.17, 15) is 27.9 Å². The van der Waals surface area contributed by atoms with Gasteiger partial charge in [0.05, 0.1) is 10.6 Å². The minimum absolute atomic E-state index is 0.135. The van der Waals surface area contributed by atoms with E-state index < -0.39 is 12.8 Å². The lowest BCUT2D eigenvalue weighted by Gasteiger charge is -2.38. The monoisotopic (exact) mass is 610 g/mol. The molecule has 2 fully saturated rings. The van der Waals surface area contributed by atoms with Crippen molar-refractivity contribution in [2.75, 3.05) is 58.3 Å². The summed E-state index contributed by atoms with van der Waals surface area (Å²) in [6.07, 6.45) is 4.40. The number of likely N-dealkylation sites (tertiary alicyclic amines) is 1. The zero-order chi connectivity index (χ0) is 30.6. The van der Waals surface area contributed by atoms with Gasteiger partial charge in [-0.05, 0) is 81.8 Å². The maximum Gasteiger partial charge on any atom is 0.379 e. The molecule has 0 unspecified atom stereocenters. The Balaban J connectivity index is 0.00000114. The number of benzene rings is 2. The van der Waals surface area contributed by atoms with Crippen LogP contribution in [0.5, 0.6) is 0 Å². The average molecular weight is 611 g/mol. The first-order valence-electron chi connectivity index (χ1n) is 14.5.